The fourth-order valence-electron chi connectivity index (χ4n) is 5.12. The first kappa shape index (κ1) is 18.0. The van der Waals surface area contributed by atoms with Gasteiger partial charge in [-0.3, -0.25) is 0 Å². The molecule has 28 heavy (non-hydrogen) atoms. The van der Waals surface area contributed by atoms with Gasteiger partial charge in [0.2, 0.25) is 0 Å². The number of halogens is 1. The molecule has 0 N–H and O–H groups in total. The van der Waals surface area contributed by atoms with E-state index in [4.69, 9.17) is 0 Å². The van der Waals surface area contributed by atoms with Crippen LogP contribution in [0.3, 0.4) is 0 Å². The van der Waals surface area contributed by atoms with Crippen molar-refractivity contribution in [2.75, 3.05) is 31.1 Å². The van der Waals surface area contributed by atoms with Gasteiger partial charge in [0, 0.05) is 24.7 Å². The standard InChI is InChI=1S/C23H29FN4/c24-19-4-1-3-18(17-19)21-7-8-22(26-25-21)28-15-11-23(12-16-28)9-13-27(14-10-23)20-5-2-6-20/h1,3-4,7-8,17,20H,2,5-6,9-16H2. The second-order valence-corrected chi connectivity index (χ2v) is 8.89. The van der Waals surface area contributed by atoms with Gasteiger partial charge in [0.15, 0.2) is 5.82 Å². The van der Waals surface area contributed by atoms with E-state index < -0.39 is 0 Å². The molecule has 1 aliphatic carbocycles. The first-order valence-corrected chi connectivity index (χ1v) is 10.8. The van der Waals surface area contributed by atoms with Gasteiger partial charge in [0.1, 0.15) is 5.82 Å². The minimum Gasteiger partial charge on any atom is -0.355 e. The first-order valence-electron chi connectivity index (χ1n) is 10.8. The molecule has 3 heterocycles. The third-order valence-corrected chi connectivity index (χ3v) is 7.37. The molecule has 0 atom stereocenters. The molecule has 2 aliphatic heterocycles. The van der Waals surface area contributed by atoms with Gasteiger partial charge in [-0.05, 0) is 81.3 Å². The predicted octanol–water partition coefficient (Wildman–Crippen LogP) is 4.52. The molecule has 0 unspecified atom stereocenters. The molecule has 3 aliphatic rings. The monoisotopic (exact) mass is 380 g/mol. The summed E-state index contributed by atoms with van der Waals surface area (Å²) in [6.07, 6.45) is 9.52. The molecule has 1 aromatic heterocycles. The van der Waals surface area contributed by atoms with Crippen molar-refractivity contribution < 1.29 is 4.39 Å². The minimum atomic E-state index is -0.243. The Balaban J connectivity index is 1.19. The van der Waals surface area contributed by atoms with Crippen LogP contribution in [0.4, 0.5) is 10.2 Å². The number of nitrogens with zero attached hydrogens (tertiary/aromatic N) is 4. The van der Waals surface area contributed by atoms with Crippen molar-refractivity contribution >= 4 is 5.82 Å². The highest BCUT2D eigenvalue weighted by molar-refractivity contribution is 5.59. The quantitative estimate of drug-likeness (QED) is 0.784. The van der Waals surface area contributed by atoms with Crippen LogP contribution >= 0.6 is 0 Å². The van der Waals surface area contributed by atoms with Gasteiger partial charge in [0.25, 0.3) is 0 Å². The molecular weight excluding hydrogens is 351 g/mol. The molecule has 5 rings (SSSR count). The third-order valence-electron chi connectivity index (χ3n) is 7.37. The van der Waals surface area contributed by atoms with E-state index in [-0.39, 0.29) is 5.82 Å². The number of likely N-dealkylation sites (tertiary alicyclic amines) is 1. The van der Waals surface area contributed by atoms with Gasteiger partial charge in [-0.2, -0.15) is 0 Å². The summed E-state index contributed by atoms with van der Waals surface area (Å²) < 4.78 is 13.4. The van der Waals surface area contributed by atoms with E-state index in [0.29, 0.717) is 5.41 Å². The van der Waals surface area contributed by atoms with Crippen molar-refractivity contribution in [3.63, 3.8) is 0 Å². The highest BCUT2D eigenvalue weighted by Crippen LogP contribution is 2.43. The number of aromatic nitrogens is 2. The van der Waals surface area contributed by atoms with Crippen LogP contribution in [0.2, 0.25) is 0 Å². The van der Waals surface area contributed by atoms with Crippen LogP contribution in [0.5, 0.6) is 0 Å². The number of rotatable bonds is 3. The van der Waals surface area contributed by atoms with E-state index in [2.05, 4.69) is 20.0 Å². The van der Waals surface area contributed by atoms with Crippen LogP contribution in [-0.4, -0.2) is 47.3 Å². The average Bonchev–Trinajstić information content (AvgIpc) is 2.69. The Bertz CT molecular complexity index is 800. The van der Waals surface area contributed by atoms with Crippen LogP contribution in [-0.2, 0) is 0 Å². The molecule has 148 valence electrons. The molecular formula is C23H29FN4. The number of benzene rings is 1. The van der Waals surface area contributed by atoms with Crippen LogP contribution < -0.4 is 4.90 Å². The Morgan fingerprint density at radius 3 is 2.25 bits per heavy atom. The maximum absolute atomic E-state index is 13.4. The van der Waals surface area contributed by atoms with E-state index in [1.54, 1.807) is 6.07 Å². The predicted molar refractivity (Wildman–Crippen MR) is 110 cm³/mol. The summed E-state index contributed by atoms with van der Waals surface area (Å²) in [6.45, 7) is 4.73. The zero-order chi connectivity index (χ0) is 19.0. The molecule has 0 radical (unpaired) electrons. The Kier molecular flexibility index (Phi) is 4.79. The largest absolute Gasteiger partial charge is 0.355 e. The van der Waals surface area contributed by atoms with Crippen molar-refractivity contribution in [2.45, 2.75) is 51.0 Å². The summed E-state index contributed by atoms with van der Waals surface area (Å²) >= 11 is 0. The topological polar surface area (TPSA) is 32.3 Å². The Morgan fingerprint density at radius 1 is 0.893 bits per heavy atom. The third kappa shape index (κ3) is 3.52. The summed E-state index contributed by atoms with van der Waals surface area (Å²) in [5.74, 6) is 0.704. The lowest BCUT2D eigenvalue weighted by Gasteiger charge is -2.50. The van der Waals surface area contributed by atoms with Crippen LogP contribution in [0, 0.1) is 11.2 Å². The Morgan fingerprint density at radius 2 is 1.64 bits per heavy atom. The molecule has 3 fully saturated rings. The fraction of sp³-hybridized carbons (Fsp3) is 0.565. The number of hydrogen-bond donors (Lipinski definition) is 0. The zero-order valence-corrected chi connectivity index (χ0v) is 16.5. The molecule has 1 spiro atoms. The van der Waals surface area contributed by atoms with Crippen LogP contribution in [0.25, 0.3) is 11.3 Å². The molecule has 2 aromatic rings. The van der Waals surface area contributed by atoms with E-state index in [0.717, 1.165) is 36.2 Å². The van der Waals surface area contributed by atoms with Crippen LogP contribution in [0.15, 0.2) is 36.4 Å². The lowest BCUT2D eigenvalue weighted by Crippen LogP contribution is -2.51. The zero-order valence-electron chi connectivity index (χ0n) is 16.5. The molecule has 0 amide bonds. The van der Waals surface area contributed by atoms with E-state index in [1.165, 1.54) is 70.2 Å². The summed E-state index contributed by atoms with van der Waals surface area (Å²) in [5, 5.41) is 8.79. The molecule has 1 aromatic carbocycles. The van der Waals surface area contributed by atoms with E-state index >= 15 is 0 Å². The first-order chi connectivity index (χ1) is 13.7. The number of piperidine rings is 2. The molecule has 5 heteroatoms. The maximum Gasteiger partial charge on any atom is 0.151 e. The van der Waals surface area contributed by atoms with E-state index in [1.807, 2.05) is 18.2 Å². The summed E-state index contributed by atoms with van der Waals surface area (Å²) in [5.41, 5.74) is 2.04. The van der Waals surface area contributed by atoms with Crippen molar-refractivity contribution in [2.24, 2.45) is 5.41 Å². The SMILES string of the molecule is Fc1cccc(-c2ccc(N3CCC4(CC3)CCN(C3CCC3)CC4)nn2)c1. The molecule has 2 saturated heterocycles. The average molecular weight is 381 g/mol. The lowest BCUT2D eigenvalue weighted by molar-refractivity contribution is 0.0305. The van der Waals surface area contributed by atoms with Gasteiger partial charge < -0.3 is 9.80 Å². The van der Waals surface area contributed by atoms with Gasteiger partial charge in [0.05, 0.1) is 5.69 Å². The van der Waals surface area contributed by atoms with Gasteiger partial charge in [-0.25, -0.2) is 4.39 Å². The highest BCUT2D eigenvalue weighted by Gasteiger charge is 2.39. The Labute approximate surface area is 166 Å². The van der Waals surface area contributed by atoms with Crippen molar-refractivity contribution in [1.82, 2.24) is 15.1 Å². The molecule has 1 saturated carbocycles. The highest BCUT2D eigenvalue weighted by atomic mass is 19.1. The fourth-order valence-corrected chi connectivity index (χ4v) is 5.12. The summed E-state index contributed by atoms with van der Waals surface area (Å²) in [6, 6.07) is 11.4. The normalized spacial score (nSPS) is 23.0. The summed E-state index contributed by atoms with van der Waals surface area (Å²) in [4.78, 5) is 5.11. The van der Waals surface area contributed by atoms with E-state index in [9.17, 15) is 4.39 Å². The van der Waals surface area contributed by atoms with Gasteiger partial charge in [-0.1, -0.05) is 18.6 Å². The smallest absolute Gasteiger partial charge is 0.151 e. The molecule has 0 bridgehead atoms. The lowest BCUT2D eigenvalue weighted by atomic mass is 9.70. The number of anilines is 1. The molecule has 4 nitrogen and oxygen atoms in total. The van der Waals surface area contributed by atoms with Crippen LogP contribution in [0.1, 0.15) is 44.9 Å². The minimum absolute atomic E-state index is 0.243. The second-order valence-electron chi connectivity index (χ2n) is 8.89. The Hall–Kier alpha value is -2.01. The van der Waals surface area contributed by atoms with Crippen molar-refractivity contribution in [1.29, 1.82) is 0 Å². The van der Waals surface area contributed by atoms with Crippen molar-refractivity contribution in [3.05, 3.63) is 42.2 Å². The maximum atomic E-state index is 13.4. The van der Waals surface area contributed by atoms with Gasteiger partial charge >= 0.3 is 0 Å². The second kappa shape index (κ2) is 7.43. The van der Waals surface area contributed by atoms with Gasteiger partial charge in [-0.15, -0.1) is 10.2 Å². The summed E-state index contributed by atoms with van der Waals surface area (Å²) in [7, 11) is 0. The van der Waals surface area contributed by atoms with Crippen molar-refractivity contribution in [3.8, 4) is 11.3 Å². The number of hydrogen-bond acceptors (Lipinski definition) is 4.